The zero-order valence-corrected chi connectivity index (χ0v) is 38.2. The summed E-state index contributed by atoms with van der Waals surface area (Å²) in [4.78, 5) is 80.5. The Balaban J connectivity index is 0.872. The third-order valence-corrected chi connectivity index (χ3v) is 14.6. The first kappa shape index (κ1) is 42.8. The lowest BCUT2D eigenvalue weighted by atomic mass is 10.1. The number of carbonyl (C=O) groups excluding carboxylic acids is 2. The van der Waals surface area contributed by atoms with E-state index in [9.17, 15) is 29.4 Å². The van der Waals surface area contributed by atoms with E-state index < -0.39 is 23.5 Å². The van der Waals surface area contributed by atoms with Crippen LogP contribution >= 0.6 is 22.7 Å². The number of amides is 2. The quantitative estimate of drug-likeness (QED) is 0.0815. The molecule has 9 N–H and O–H groups in total. The normalized spacial score (nSPS) is 20.8. The van der Waals surface area contributed by atoms with Gasteiger partial charge in [-0.25, -0.2) is 19.6 Å². The Hall–Kier alpha value is -7.54. The lowest BCUT2D eigenvalue weighted by Gasteiger charge is -2.23. The minimum Gasteiger partial charge on any atom is -0.493 e. The number of imidazole rings is 2. The zero-order chi connectivity index (χ0) is 46.9. The average Bonchev–Trinajstić information content (AvgIpc) is 3.80. The number of aromatic hydroxyl groups is 2. The van der Waals surface area contributed by atoms with Crippen LogP contribution in [0, 0.1) is 0 Å². The van der Waals surface area contributed by atoms with Gasteiger partial charge in [-0.05, 0) is 82.4 Å². The summed E-state index contributed by atoms with van der Waals surface area (Å²) in [6.45, 7) is 3.30. The van der Waals surface area contributed by atoms with E-state index in [1.165, 1.54) is 44.0 Å². The third-order valence-electron chi connectivity index (χ3n) is 12.7. The van der Waals surface area contributed by atoms with Crippen molar-refractivity contribution in [3.05, 3.63) is 111 Å². The summed E-state index contributed by atoms with van der Waals surface area (Å²) in [6, 6.07) is 6.62. The van der Waals surface area contributed by atoms with E-state index in [0.717, 1.165) is 57.3 Å². The Morgan fingerprint density at radius 2 is 1.32 bits per heavy atom. The highest BCUT2D eigenvalue weighted by atomic mass is 32.1. The third kappa shape index (κ3) is 8.44. The summed E-state index contributed by atoms with van der Waals surface area (Å²) in [7, 11) is 0. The van der Waals surface area contributed by atoms with Crippen LogP contribution in [0.4, 0.5) is 0 Å². The minimum atomic E-state index is -0.585. The average molecular weight is 969 g/mol. The maximum absolute atomic E-state index is 13.6. The molecule has 4 aliphatic rings. The van der Waals surface area contributed by atoms with Gasteiger partial charge in [-0.3, -0.25) is 29.1 Å². The molecular formula is C45H44N16O6S2. The fraction of sp³-hybridized carbons (Fsp3) is 0.333. The molecule has 4 fully saturated rings. The van der Waals surface area contributed by atoms with Crippen molar-refractivity contribution in [3.63, 3.8) is 0 Å². The molecule has 2 aliphatic carbocycles. The second-order valence-corrected chi connectivity index (χ2v) is 19.6. The molecule has 3 atom stereocenters. The second kappa shape index (κ2) is 17.2. The van der Waals surface area contributed by atoms with Gasteiger partial charge in [-0.15, -0.1) is 22.7 Å². The number of hydrogen-bond acceptors (Lipinski definition) is 16. The molecule has 24 heteroatoms. The predicted octanol–water partition coefficient (Wildman–Crippen LogP) is -0.207. The van der Waals surface area contributed by atoms with Gasteiger partial charge in [0.1, 0.15) is 11.4 Å². The molecule has 0 radical (unpaired) electrons. The number of fused-ring (bicyclic) bond motifs is 2. The van der Waals surface area contributed by atoms with Gasteiger partial charge < -0.3 is 41.4 Å². The van der Waals surface area contributed by atoms with Gasteiger partial charge in [0.15, 0.2) is 22.3 Å². The summed E-state index contributed by atoms with van der Waals surface area (Å²) in [5.41, 5.74) is 3.53. The fourth-order valence-corrected chi connectivity index (χ4v) is 10.5. The van der Waals surface area contributed by atoms with Crippen LogP contribution < -0.4 is 54.1 Å². The summed E-state index contributed by atoms with van der Waals surface area (Å²) in [5.74, 6) is -0.916. The maximum atomic E-state index is 13.6. The van der Waals surface area contributed by atoms with Crippen molar-refractivity contribution in [1.82, 2.24) is 70.0 Å². The Morgan fingerprint density at radius 1 is 0.725 bits per heavy atom. The molecule has 10 heterocycles. The van der Waals surface area contributed by atoms with Crippen LogP contribution in [0.1, 0.15) is 75.3 Å². The van der Waals surface area contributed by atoms with E-state index in [1.807, 2.05) is 22.9 Å². The number of carbonyl (C=O) groups is 2. The number of piperidine rings is 1. The molecule has 12 rings (SSSR count). The molecule has 3 unspecified atom stereocenters. The van der Waals surface area contributed by atoms with Gasteiger partial charge in [0.25, 0.3) is 11.8 Å². The number of nitrogens with zero attached hydrogens (tertiary/aromatic N) is 9. The maximum Gasteiger partial charge on any atom is 0.329 e. The van der Waals surface area contributed by atoms with E-state index in [1.54, 1.807) is 28.9 Å². The molecule has 352 valence electrons. The van der Waals surface area contributed by atoms with E-state index in [0.29, 0.717) is 72.4 Å². The van der Waals surface area contributed by atoms with Crippen LogP contribution in [0.15, 0.2) is 67.0 Å². The largest absolute Gasteiger partial charge is 0.493 e. The van der Waals surface area contributed by atoms with Gasteiger partial charge >= 0.3 is 11.4 Å². The molecule has 2 saturated carbocycles. The highest BCUT2D eigenvalue weighted by molar-refractivity contribution is 7.12. The van der Waals surface area contributed by atoms with E-state index in [2.05, 4.69) is 46.4 Å². The molecule has 0 spiro atoms. The second-order valence-electron chi connectivity index (χ2n) is 17.8. The number of thiophene rings is 2. The first-order valence-electron chi connectivity index (χ1n) is 22.7. The van der Waals surface area contributed by atoms with Gasteiger partial charge in [0, 0.05) is 63.1 Å². The van der Waals surface area contributed by atoms with Gasteiger partial charge in [-0.2, -0.15) is 19.2 Å². The van der Waals surface area contributed by atoms with Crippen molar-refractivity contribution in [1.29, 1.82) is 0 Å². The number of rotatable bonds is 11. The van der Waals surface area contributed by atoms with Gasteiger partial charge in [0.05, 0.1) is 51.7 Å². The lowest BCUT2D eigenvalue weighted by molar-refractivity contribution is 0.0929. The first-order valence-corrected chi connectivity index (χ1v) is 24.5. The molecule has 8 aromatic heterocycles. The van der Waals surface area contributed by atoms with E-state index in [-0.39, 0.29) is 53.1 Å². The smallest absolute Gasteiger partial charge is 0.329 e. The minimum absolute atomic E-state index is 0.0474. The molecule has 0 bridgehead atoms. The van der Waals surface area contributed by atoms with Gasteiger partial charge in [0.2, 0.25) is 11.8 Å². The SMILES string of the molecule is O=C(NC1CCNCC1)c1cc(-c2cc(=NC3CC3)n3ncc(=Cc4[nH]c(=O)n(C5CC5N=c5cc(-c6csc(C(=O)NC7CCNC7)c6)nc6c(=Cc7[nH]c(=O)[nH]c7O)cnn56)c4O)c3n2)cs1. The van der Waals surface area contributed by atoms with Crippen molar-refractivity contribution < 1.29 is 19.8 Å². The standard InChI is InChI=1S/C45H44N16O6S2/c62-40-31(56-44(66)58-40)9-21-16-49-61-37(15-29(55-38(21)61)24-12-35(69-20-24)42(64)52-27-5-8-47-18-27)53-30-13-33(30)59-43(65)32(57-45(59)67)10-22-17-48-60-36(50-25-1-2-25)14-28(54-39(22)60)23-11-34(68-19-23)41(63)51-26-3-6-46-7-4-26/h9-12,14-17,19-20,25-27,30,33,46-47,62,65H,1-8,13,18H2,(H,51,63)(H,52,64)(H,57,67)(H2,56,58,66). The molecule has 8 aromatic rings. The highest BCUT2D eigenvalue weighted by Crippen LogP contribution is 2.40. The lowest BCUT2D eigenvalue weighted by Crippen LogP contribution is -2.42. The van der Waals surface area contributed by atoms with E-state index in [4.69, 9.17) is 20.0 Å². The summed E-state index contributed by atoms with van der Waals surface area (Å²) >= 11 is 2.65. The zero-order valence-electron chi connectivity index (χ0n) is 36.6. The molecule has 2 amide bonds. The Bertz CT molecular complexity index is 3730. The van der Waals surface area contributed by atoms with Gasteiger partial charge in [-0.1, -0.05) is 0 Å². The molecule has 2 saturated heterocycles. The number of nitrogens with one attached hydrogen (secondary N) is 7. The summed E-state index contributed by atoms with van der Waals surface area (Å²) in [5, 5.41) is 48.7. The van der Waals surface area contributed by atoms with Crippen LogP contribution in [-0.2, 0) is 0 Å². The van der Waals surface area contributed by atoms with Crippen LogP contribution in [0.2, 0.25) is 0 Å². The van der Waals surface area contributed by atoms with Crippen molar-refractivity contribution in [2.24, 2.45) is 9.98 Å². The molecule has 69 heavy (non-hydrogen) atoms. The molecular weight excluding hydrogens is 925 g/mol. The summed E-state index contributed by atoms with van der Waals surface area (Å²) in [6.07, 6.45) is 11.3. The monoisotopic (exact) mass is 968 g/mol. The number of hydrogen-bond donors (Lipinski definition) is 9. The number of H-pyrrole nitrogens is 3. The van der Waals surface area contributed by atoms with Crippen LogP contribution in [0.5, 0.6) is 11.8 Å². The number of aromatic nitrogens is 10. The van der Waals surface area contributed by atoms with Crippen molar-refractivity contribution >= 4 is 57.9 Å². The van der Waals surface area contributed by atoms with Crippen molar-refractivity contribution in [3.8, 4) is 34.3 Å². The first-order chi connectivity index (χ1) is 33.6. The van der Waals surface area contributed by atoms with Crippen molar-refractivity contribution in [2.75, 3.05) is 26.2 Å². The molecule has 2 aliphatic heterocycles. The van der Waals surface area contributed by atoms with E-state index >= 15 is 0 Å². The fourth-order valence-electron chi connectivity index (χ4n) is 8.86. The summed E-state index contributed by atoms with van der Waals surface area (Å²) < 4.78 is 4.46. The molecule has 0 aromatic carbocycles. The van der Waals surface area contributed by atoms with Crippen molar-refractivity contribution in [2.45, 2.75) is 68.7 Å². The Morgan fingerprint density at radius 3 is 1.91 bits per heavy atom. The van der Waals surface area contributed by atoms with Crippen LogP contribution in [0.25, 0.3) is 46.0 Å². The topological polar surface area (TPSA) is 294 Å². The van der Waals surface area contributed by atoms with Crippen LogP contribution in [-0.4, -0.2) is 121 Å². The predicted molar refractivity (Wildman–Crippen MR) is 254 cm³/mol. The molecule has 22 nitrogen and oxygen atoms in total. The highest BCUT2D eigenvalue weighted by Gasteiger charge is 2.42. The Kier molecular flexibility index (Phi) is 10.7. The van der Waals surface area contributed by atoms with Crippen LogP contribution in [0.3, 0.4) is 0 Å². The number of aromatic amines is 3. The Labute approximate surface area is 396 Å².